The summed E-state index contributed by atoms with van der Waals surface area (Å²) in [5.41, 5.74) is 4.09. The lowest BCUT2D eigenvalue weighted by Gasteiger charge is -2.20. The van der Waals surface area contributed by atoms with Gasteiger partial charge in [0.25, 0.3) is 0 Å². The second-order valence-electron chi connectivity index (χ2n) is 6.19. The Labute approximate surface area is 155 Å². The molecule has 0 aromatic heterocycles. The number of para-hydroxylation sites is 1. The molecule has 0 atom stereocenters. The average molecular weight is 367 g/mol. The highest BCUT2D eigenvalue weighted by Gasteiger charge is 2.38. The summed E-state index contributed by atoms with van der Waals surface area (Å²) in [7, 11) is 0. The van der Waals surface area contributed by atoms with Crippen molar-refractivity contribution in [3.05, 3.63) is 64.2 Å². The molecule has 0 bridgehead atoms. The van der Waals surface area contributed by atoms with E-state index in [-0.39, 0.29) is 0 Å². The van der Waals surface area contributed by atoms with Crippen molar-refractivity contribution in [2.24, 2.45) is 5.10 Å². The van der Waals surface area contributed by atoms with Crippen LogP contribution in [-0.2, 0) is 0 Å². The van der Waals surface area contributed by atoms with Gasteiger partial charge in [0.05, 0.1) is 27.7 Å². The summed E-state index contributed by atoms with van der Waals surface area (Å²) in [6.07, 6.45) is 1.92. The maximum Gasteiger partial charge on any atom is 0.158 e. The first-order valence-corrected chi connectivity index (χ1v) is 9.43. The van der Waals surface area contributed by atoms with Gasteiger partial charge in [-0.15, -0.1) is 0 Å². The monoisotopic (exact) mass is 366 g/mol. The third kappa shape index (κ3) is 2.30. The Kier molecular flexibility index (Phi) is 3.40. The summed E-state index contributed by atoms with van der Waals surface area (Å²) in [5, 5.41) is 17.1. The van der Waals surface area contributed by atoms with Gasteiger partial charge in [-0.2, -0.15) is 5.10 Å². The number of anilines is 2. The van der Waals surface area contributed by atoms with Gasteiger partial charge in [0.2, 0.25) is 0 Å². The van der Waals surface area contributed by atoms with Gasteiger partial charge in [-0.3, -0.25) is 5.41 Å². The minimum atomic E-state index is 0.444. The quantitative estimate of drug-likeness (QED) is 0.762. The van der Waals surface area contributed by atoms with Crippen LogP contribution in [0.2, 0.25) is 5.02 Å². The number of hydrogen-bond donors (Lipinski definition) is 1. The molecule has 0 spiro atoms. The zero-order chi connectivity index (χ0) is 17.0. The number of fused-ring (bicyclic) bond motifs is 4. The molecule has 2 aromatic rings. The summed E-state index contributed by atoms with van der Waals surface area (Å²) in [4.78, 5) is 3.60. The van der Waals surface area contributed by atoms with Crippen molar-refractivity contribution in [3.8, 4) is 0 Å². The van der Waals surface area contributed by atoms with Crippen LogP contribution in [-0.4, -0.2) is 18.1 Å². The van der Waals surface area contributed by atoms with Crippen LogP contribution in [0.1, 0.15) is 12.8 Å². The molecule has 0 radical (unpaired) electrons. The Balaban J connectivity index is 1.61. The lowest BCUT2D eigenvalue weighted by atomic mass is 10.1. The summed E-state index contributed by atoms with van der Waals surface area (Å²) in [6, 6.07) is 15.9. The Morgan fingerprint density at radius 3 is 2.72 bits per heavy atom. The van der Waals surface area contributed by atoms with Crippen LogP contribution in [0.5, 0.6) is 0 Å². The highest BCUT2D eigenvalue weighted by atomic mass is 35.5. The van der Waals surface area contributed by atoms with Crippen LogP contribution in [0, 0.1) is 5.41 Å². The van der Waals surface area contributed by atoms with E-state index in [1.54, 1.807) is 16.8 Å². The predicted octanol–water partition coefficient (Wildman–Crippen LogP) is 5.11. The van der Waals surface area contributed by atoms with Gasteiger partial charge in [0.15, 0.2) is 5.84 Å². The summed E-state index contributed by atoms with van der Waals surface area (Å²) >= 11 is 7.74. The minimum Gasteiger partial charge on any atom is -0.334 e. The molecule has 124 valence electrons. The van der Waals surface area contributed by atoms with E-state index in [0.717, 1.165) is 41.4 Å². The lowest BCUT2D eigenvalue weighted by Crippen LogP contribution is -2.24. The Bertz CT molecular complexity index is 948. The van der Waals surface area contributed by atoms with Gasteiger partial charge in [-0.1, -0.05) is 35.5 Å². The maximum atomic E-state index is 8.76. The highest BCUT2D eigenvalue weighted by molar-refractivity contribution is 8.03. The first kappa shape index (κ1) is 15.0. The second kappa shape index (κ2) is 5.64. The van der Waals surface area contributed by atoms with Crippen molar-refractivity contribution >= 4 is 46.3 Å². The smallest absolute Gasteiger partial charge is 0.158 e. The van der Waals surface area contributed by atoms with Crippen LogP contribution < -0.4 is 9.91 Å². The SMILES string of the molecule is N=C1C2=C3Sc4ccccc4N3CCCC2=NN1c1ccc(Cl)cc1. The van der Waals surface area contributed by atoms with Gasteiger partial charge in [-0.05, 0) is 49.2 Å². The molecule has 5 rings (SSSR count). The van der Waals surface area contributed by atoms with Gasteiger partial charge >= 0.3 is 0 Å². The third-order valence-electron chi connectivity index (χ3n) is 4.65. The molecule has 1 N–H and O–H groups in total. The zero-order valence-electron chi connectivity index (χ0n) is 13.4. The summed E-state index contributed by atoms with van der Waals surface area (Å²) in [6.45, 7) is 0.968. The summed E-state index contributed by atoms with van der Waals surface area (Å²) in [5.74, 6) is 0.444. The number of nitrogens with zero attached hydrogens (tertiary/aromatic N) is 3. The van der Waals surface area contributed by atoms with Gasteiger partial charge in [-0.25, -0.2) is 5.01 Å². The molecule has 0 amide bonds. The summed E-state index contributed by atoms with van der Waals surface area (Å²) < 4.78 is 0. The second-order valence-corrected chi connectivity index (χ2v) is 7.66. The Morgan fingerprint density at radius 2 is 1.88 bits per heavy atom. The predicted molar refractivity (Wildman–Crippen MR) is 105 cm³/mol. The Morgan fingerprint density at radius 1 is 1.08 bits per heavy atom. The minimum absolute atomic E-state index is 0.444. The van der Waals surface area contributed by atoms with Crippen molar-refractivity contribution in [2.75, 3.05) is 16.5 Å². The molecule has 0 saturated carbocycles. The third-order valence-corrected chi connectivity index (χ3v) is 6.08. The fourth-order valence-corrected chi connectivity index (χ4v) is 4.86. The van der Waals surface area contributed by atoms with E-state index in [2.05, 4.69) is 29.2 Å². The van der Waals surface area contributed by atoms with Crippen LogP contribution in [0.25, 0.3) is 0 Å². The van der Waals surface area contributed by atoms with Crippen LogP contribution in [0.4, 0.5) is 11.4 Å². The van der Waals surface area contributed by atoms with Crippen molar-refractivity contribution in [1.82, 2.24) is 0 Å². The fourth-order valence-electron chi connectivity index (χ4n) is 3.48. The van der Waals surface area contributed by atoms with Crippen molar-refractivity contribution in [1.29, 1.82) is 5.41 Å². The van der Waals surface area contributed by atoms with E-state index >= 15 is 0 Å². The largest absolute Gasteiger partial charge is 0.334 e. The van der Waals surface area contributed by atoms with Crippen LogP contribution >= 0.6 is 23.4 Å². The molecule has 6 heteroatoms. The molecule has 0 fully saturated rings. The molecule has 0 aliphatic carbocycles. The van der Waals surface area contributed by atoms with Crippen molar-refractivity contribution in [2.45, 2.75) is 17.7 Å². The molecule has 2 aromatic carbocycles. The van der Waals surface area contributed by atoms with Crippen LogP contribution in [0.3, 0.4) is 0 Å². The van der Waals surface area contributed by atoms with E-state index in [1.807, 2.05) is 24.3 Å². The number of amidine groups is 1. The molecular formula is C19H15ClN4S. The van der Waals surface area contributed by atoms with E-state index in [1.165, 1.54) is 10.6 Å². The lowest BCUT2D eigenvalue weighted by molar-refractivity contribution is 0.844. The van der Waals surface area contributed by atoms with Gasteiger partial charge in [0.1, 0.15) is 0 Å². The molecule has 4 nitrogen and oxygen atoms in total. The van der Waals surface area contributed by atoms with Gasteiger partial charge < -0.3 is 4.90 Å². The Hall–Kier alpha value is -2.24. The molecule has 3 aliphatic rings. The molecule has 3 heterocycles. The highest BCUT2D eigenvalue weighted by Crippen LogP contribution is 2.49. The molecular weight excluding hydrogens is 352 g/mol. The van der Waals surface area contributed by atoms with Crippen LogP contribution in [0.15, 0.2) is 69.1 Å². The molecule has 25 heavy (non-hydrogen) atoms. The number of hydrogen-bond acceptors (Lipinski definition) is 4. The van der Waals surface area contributed by atoms with E-state index < -0.39 is 0 Å². The number of halogens is 1. The molecule has 3 aliphatic heterocycles. The topological polar surface area (TPSA) is 42.7 Å². The van der Waals surface area contributed by atoms with E-state index in [9.17, 15) is 0 Å². The number of benzene rings is 2. The first-order chi connectivity index (χ1) is 12.2. The molecule has 0 unspecified atom stereocenters. The first-order valence-electron chi connectivity index (χ1n) is 8.23. The standard InChI is InChI=1S/C19H15ClN4S/c20-12-7-9-13(10-8-12)24-18(21)17-14(22-24)4-3-11-23-15-5-1-2-6-16(15)25-19(17)23/h1-2,5-10,21H,3-4,11H2. The van der Waals surface area contributed by atoms with Gasteiger partial charge in [0, 0.05) is 16.5 Å². The maximum absolute atomic E-state index is 8.76. The number of thioether (sulfide) groups is 1. The van der Waals surface area contributed by atoms with Crippen molar-refractivity contribution in [3.63, 3.8) is 0 Å². The number of hydrazone groups is 1. The average Bonchev–Trinajstić information content (AvgIpc) is 3.08. The van der Waals surface area contributed by atoms with E-state index in [0.29, 0.717) is 10.9 Å². The van der Waals surface area contributed by atoms with Crippen molar-refractivity contribution < 1.29 is 0 Å². The molecule has 0 saturated heterocycles. The fraction of sp³-hybridized carbons (Fsp3) is 0.158. The van der Waals surface area contributed by atoms with E-state index in [4.69, 9.17) is 22.1 Å². The normalized spacial score (nSPS) is 18.8. The zero-order valence-corrected chi connectivity index (χ0v) is 14.9. The number of nitrogens with one attached hydrogen (secondary N) is 1. The number of rotatable bonds is 1.